The second kappa shape index (κ2) is 7.67. The van der Waals surface area contributed by atoms with E-state index in [1.54, 1.807) is 0 Å². The van der Waals surface area contributed by atoms with Gasteiger partial charge in [0.15, 0.2) is 5.96 Å². The molecule has 0 saturated carbocycles. The number of guanidine groups is 1. The number of hydrogen-bond donors (Lipinski definition) is 3. The van der Waals surface area contributed by atoms with E-state index in [-0.39, 0.29) is 5.96 Å². The number of rotatable bonds is 5. The molecule has 7 heteroatoms. The maximum atomic E-state index is 5.39. The van der Waals surface area contributed by atoms with Crippen LogP contribution in [0.4, 0.5) is 10.8 Å². The average Bonchev–Trinajstić information content (AvgIpc) is 3.00. The molecule has 0 spiro atoms. The Hall–Kier alpha value is -2.38. The number of aromatic nitrogens is 1. The third-order valence-electron chi connectivity index (χ3n) is 3.47. The van der Waals surface area contributed by atoms with Gasteiger partial charge >= 0.3 is 0 Å². The number of aryl methyl sites for hydroxylation is 1. The smallest absolute Gasteiger partial charge is 0.212 e. The summed E-state index contributed by atoms with van der Waals surface area (Å²) in [4.78, 5) is 8.42. The predicted octanol–water partition coefficient (Wildman–Crippen LogP) is 4.40. The van der Waals surface area contributed by atoms with Gasteiger partial charge in [-0.05, 0) is 42.3 Å². The number of nitrogens with two attached hydrogens (primary N) is 2. The second-order valence-electron chi connectivity index (χ2n) is 5.62. The summed E-state index contributed by atoms with van der Waals surface area (Å²) in [6, 6.07) is 14.5. The minimum absolute atomic E-state index is 0.0145. The van der Waals surface area contributed by atoms with Gasteiger partial charge < -0.3 is 16.8 Å². The Morgan fingerprint density at radius 2 is 2.08 bits per heavy atom. The molecule has 0 aliphatic heterocycles. The molecule has 0 aliphatic carbocycles. The summed E-state index contributed by atoms with van der Waals surface area (Å²) in [5.74, 6) is 0.0145. The standard InChI is InChI=1S/C18H18BrN5S/c1-11-5-12(7-14(19)6-11)9-22-15-4-2-3-13(8-15)16-10-25-18(23-16)24-17(20)21/h2-8,10,22H,9H2,1H3,(H4,20,21,23,24). The van der Waals surface area contributed by atoms with E-state index in [9.17, 15) is 0 Å². The highest BCUT2D eigenvalue weighted by Crippen LogP contribution is 2.28. The largest absolute Gasteiger partial charge is 0.381 e. The van der Waals surface area contributed by atoms with Crippen molar-refractivity contribution in [2.75, 3.05) is 5.32 Å². The van der Waals surface area contributed by atoms with Crippen molar-refractivity contribution in [2.45, 2.75) is 13.5 Å². The van der Waals surface area contributed by atoms with E-state index in [0.717, 1.165) is 28.0 Å². The van der Waals surface area contributed by atoms with Gasteiger partial charge in [0.1, 0.15) is 0 Å². The molecule has 0 amide bonds. The molecule has 0 bridgehead atoms. The van der Waals surface area contributed by atoms with Crippen LogP contribution in [-0.4, -0.2) is 10.9 Å². The molecule has 0 aliphatic rings. The van der Waals surface area contributed by atoms with Crippen LogP contribution in [0.25, 0.3) is 11.3 Å². The highest BCUT2D eigenvalue weighted by molar-refractivity contribution is 9.10. The lowest BCUT2D eigenvalue weighted by Crippen LogP contribution is -2.21. The molecule has 25 heavy (non-hydrogen) atoms. The molecule has 2 aromatic carbocycles. The molecule has 5 N–H and O–H groups in total. The fraction of sp³-hybridized carbons (Fsp3) is 0.111. The third kappa shape index (κ3) is 4.80. The van der Waals surface area contributed by atoms with Crippen molar-refractivity contribution in [3.8, 4) is 11.3 Å². The van der Waals surface area contributed by atoms with Crippen molar-refractivity contribution in [3.05, 3.63) is 63.4 Å². The molecule has 0 fully saturated rings. The van der Waals surface area contributed by atoms with Crippen LogP contribution in [0.2, 0.25) is 0 Å². The lowest BCUT2D eigenvalue weighted by atomic mass is 10.1. The zero-order valence-electron chi connectivity index (χ0n) is 13.7. The van der Waals surface area contributed by atoms with E-state index in [1.807, 2.05) is 23.6 Å². The molecular formula is C18H18BrN5S. The van der Waals surface area contributed by atoms with Crippen LogP contribution in [0.3, 0.4) is 0 Å². The third-order valence-corrected chi connectivity index (χ3v) is 4.67. The van der Waals surface area contributed by atoms with Gasteiger partial charge in [-0.15, -0.1) is 11.3 Å². The first-order valence-corrected chi connectivity index (χ1v) is 9.32. The van der Waals surface area contributed by atoms with Crippen LogP contribution in [0.5, 0.6) is 0 Å². The van der Waals surface area contributed by atoms with Crippen LogP contribution in [0.15, 0.2) is 57.3 Å². The Balaban J connectivity index is 1.75. The predicted molar refractivity (Wildman–Crippen MR) is 109 cm³/mol. The van der Waals surface area contributed by atoms with Crippen molar-refractivity contribution < 1.29 is 0 Å². The Labute approximate surface area is 158 Å². The Morgan fingerprint density at radius 1 is 1.24 bits per heavy atom. The van der Waals surface area contributed by atoms with Gasteiger partial charge in [-0.2, -0.15) is 4.99 Å². The van der Waals surface area contributed by atoms with E-state index in [0.29, 0.717) is 5.13 Å². The summed E-state index contributed by atoms with van der Waals surface area (Å²) in [6.07, 6.45) is 0. The van der Waals surface area contributed by atoms with E-state index in [4.69, 9.17) is 11.5 Å². The van der Waals surface area contributed by atoms with Crippen LogP contribution in [-0.2, 0) is 6.54 Å². The molecule has 0 radical (unpaired) electrons. The molecule has 0 saturated heterocycles. The number of aliphatic imine (C=N–C) groups is 1. The fourth-order valence-electron chi connectivity index (χ4n) is 2.47. The van der Waals surface area contributed by atoms with Crippen molar-refractivity contribution in [1.82, 2.24) is 4.98 Å². The summed E-state index contributed by atoms with van der Waals surface area (Å²) >= 11 is 4.95. The number of nitrogens with zero attached hydrogens (tertiary/aromatic N) is 2. The van der Waals surface area contributed by atoms with E-state index < -0.39 is 0 Å². The van der Waals surface area contributed by atoms with Crippen molar-refractivity contribution in [3.63, 3.8) is 0 Å². The van der Waals surface area contributed by atoms with Gasteiger partial charge in [-0.1, -0.05) is 34.1 Å². The highest BCUT2D eigenvalue weighted by atomic mass is 79.9. The number of nitrogens with one attached hydrogen (secondary N) is 1. The van der Waals surface area contributed by atoms with Gasteiger partial charge in [-0.3, -0.25) is 0 Å². The normalized spacial score (nSPS) is 10.5. The second-order valence-corrected chi connectivity index (χ2v) is 7.38. The van der Waals surface area contributed by atoms with Crippen molar-refractivity contribution in [1.29, 1.82) is 0 Å². The first-order valence-electron chi connectivity index (χ1n) is 7.65. The van der Waals surface area contributed by atoms with Crippen LogP contribution in [0, 0.1) is 6.92 Å². The number of hydrogen-bond acceptors (Lipinski definition) is 4. The molecule has 128 valence electrons. The van der Waals surface area contributed by atoms with Gasteiger partial charge in [0, 0.05) is 27.6 Å². The molecule has 1 heterocycles. The Bertz CT molecular complexity index is 895. The van der Waals surface area contributed by atoms with Crippen molar-refractivity contribution in [2.24, 2.45) is 16.5 Å². The van der Waals surface area contributed by atoms with Gasteiger partial charge in [0.2, 0.25) is 5.13 Å². The van der Waals surface area contributed by atoms with Crippen molar-refractivity contribution >= 4 is 44.0 Å². The zero-order chi connectivity index (χ0) is 17.8. The highest BCUT2D eigenvalue weighted by Gasteiger charge is 2.05. The lowest BCUT2D eigenvalue weighted by Gasteiger charge is -2.09. The summed E-state index contributed by atoms with van der Waals surface area (Å²) in [5.41, 5.74) is 16.1. The monoisotopic (exact) mass is 415 g/mol. The average molecular weight is 416 g/mol. The summed E-state index contributed by atoms with van der Waals surface area (Å²) in [5, 5.41) is 5.95. The molecule has 5 nitrogen and oxygen atoms in total. The van der Waals surface area contributed by atoms with E-state index >= 15 is 0 Å². The lowest BCUT2D eigenvalue weighted by molar-refractivity contribution is 1.14. The number of thiazole rings is 1. The van der Waals surface area contributed by atoms with Crippen LogP contribution >= 0.6 is 27.3 Å². The number of anilines is 1. The van der Waals surface area contributed by atoms with Gasteiger partial charge in [0.25, 0.3) is 0 Å². The maximum absolute atomic E-state index is 5.39. The number of halogens is 1. The van der Waals surface area contributed by atoms with Crippen LogP contribution in [0.1, 0.15) is 11.1 Å². The fourth-order valence-corrected chi connectivity index (χ4v) is 3.84. The molecule has 3 rings (SSSR count). The molecule has 0 unspecified atom stereocenters. The number of benzene rings is 2. The maximum Gasteiger partial charge on any atom is 0.212 e. The van der Waals surface area contributed by atoms with E-state index in [1.165, 1.54) is 22.5 Å². The minimum atomic E-state index is 0.0145. The van der Waals surface area contributed by atoms with Gasteiger partial charge in [0.05, 0.1) is 5.69 Å². The molecular weight excluding hydrogens is 398 g/mol. The zero-order valence-corrected chi connectivity index (χ0v) is 16.1. The van der Waals surface area contributed by atoms with Crippen LogP contribution < -0.4 is 16.8 Å². The first-order chi connectivity index (χ1) is 12.0. The Kier molecular flexibility index (Phi) is 5.35. The van der Waals surface area contributed by atoms with Gasteiger partial charge in [-0.25, -0.2) is 4.98 Å². The first kappa shape index (κ1) is 17.4. The molecule has 1 aromatic heterocycles. The van der Waals surface area contributed by atoms with E-state index in [2.05, 4.69) is 62.4 Å². The molecule has 0 atom stereocenters. The SMILES string of the molecule is Cc1cc(Br)cc(CNc2cccc(-c3csc(N=C(N)N)n3)c2)c1. The summed E-state index contributed by atoms with van der Waals surface area (Å²) in [7, 11) is 0. The summed E-state index contributed by atoms with van der Waals surface area (Å²) in [6.45, 7) is 2.84. The quantitative estimate of drug-likeness (QED) is 0.425. The topological polar surface area (TPSA) is 89.3 Å². The molecule has 3 aromatic rings. The minimum Gasteiger partial charge on any atom is -0.381 e. The summed E-state index contributed by atoms with van der Waals surface area (Å²) < 4.78 is 1.09. The Morgan fingerprint density at radius 3 is 2.84 bits per heavy atom.